The van der Waals surface area contributed by atoms with Crippen molar-refractivity contribution < 1.29 is 21.6 Å². The van der Waals surface area contributed by atoms with E-state index in [1.165, 1.54) is 24.3 Å². The molecule has 0 heterocycles. The lowest BCUT2D eigenvalue weighted by atomic mass is 10.1. The summed E-state index contributed by atoms with van der Waals surface area (Å²) in [4.78, 5) is 12.5. The molecule has 8 nitrogen and oxygen atoms in total. The fraction of sp³-hybridized carbons (Fsp3) is 0.174. The second-order valence-corrected chi connectivity index (χ2v) is 11.2. The highest BCUT2D eigenvalue weighted by Gasteiger charge is 2.21. The van der Waals surface area contributed by atoms with Gasteiger partial charge in [0.1, 0.15) is 6.54 Å². The van der Waals surface area contributed by atoms with Gasteiger partial charge in [0.15, 0.2) is 0 Å². The zero-order valence-electron chi connectivity index (χ0n) is 18.4. The van der Waals surface area contributed by atoms with Crippen molar-refractivity contribution in [2.75, 3.05) is 27.1 Å². The molecule has 3 aromatic rings. The molecule has 3 aromatic carbocycles. The Balaban J connectivity index is 1.71. The average molecular weight is 488 g/mol. The van der Waals surface area contributed by atoms with Crippen LogP contribution in [0.25, 0.3) is 0 Å². The molecule has 1 amide bonds. The SMILES string of the molecule is Cc1ccc(NS(=O)(=O)c2ccc(NC(=O)CN(c3ccccc3)S(C)(=O)=O)cc2)c(C)c1. The number of hydrogen-bond donors (Lipinski definition) is 2. The van der Waals surface area contributed by atoms with Crippen molar-refractivity contribution in [1.82, 2.24) is 0 Å². The molecular weight excluding hydrogens is 462 g/mol. The van der Waals surface area contributed by atoms with Gasteiger partial charge >= 0.3 is 0 Å². The van der Waals surface area contributed by atoms with Gasteiger partial charge in [-0.15, -0.1) is 0 Å². The minimum Gasteiger partial charge on any atom is -0.325 e. The molecule has 0 aliphatic carbocycles. The third-order valence-electron chi connectivity index (χ3n) is 4.81. The number of hydrogen-bond acceptors (Lipinski definition) is 5. The molecule has 0 spiro atoms. The number of rotatable bonds is 8. The van der Waals surface area contributed by atoms with Gasteiger partial charge in [-0.1, -0.05) is 35.9 Å². The maximum Gasteiger partial charge on any atom is 0.261 e. The summed E-state index contributed by atoms with van der Waals surface area (Å²) >= 11 is 0. The lowest BCUT2D eigenvalue weighted by molar-refractivity contribution is -0.114. The molecule has 10 heteroatoms. The zero-order valence-corrected chi connectivity index (χ0v) is 20.1. The van der Waals surface area contributed by atoms with E-state index in [9.17, 15) is 21.6 Å². The zero-order chi connectivity index (χ0) is 24.2. The smallest absolute Gasteiger partial charge is 0.261 e. The first-order valence-corrected chi connectivity index (χ1v) is 13.3. The maximum atomic E-state index is 12.7. The maximum absolute atomic E-state index is 12.7. The van der Waals surface area contributed by atoms with Gasteiger partial charge in [0.2, 0.25) is 15.9 Å². The Morgan fingerprint density at radius 2 is 1.52 bits per heavy atom. The standard InChI is InChI=1S/C23H25N3O5S2/c1-17-9-14-22(18(2)15-17)25-33(30,31)21-12-10-19(11-13-21)24-23(27)16-26(32(3,28)29)20-7-5-4-6-8-20/h4-15,25H,16H2,1-3H3,(H,24,27). The van der Waals surface area contributed by atoms with Crippen LogP contribution < -0.4 is 14.3 Å². The molecule has 3 rings (SSSR count). The number of carbonyl (C=O) groups is 1. The van der Waals surface area contributed by atoms with Crippen molar-refractivity contribution in [3.8, 4) is 0 Å². The Kier molecular flexibility index (Phi) is 7.09. The van der Waals surface area contributed by atoms with Crippen LogP contribution in [0.1, 0.15) is 11.1 Å². The Morgan fingerprint density at radius 3 is 2.09 bits per heavy atom. The number of para-hydroxylation sites is 1. The second kappa shape index (κ2) is 9.63. The predicted octanol–water partition coefficient (Wildman–Crippen LogP) is 3.51. The molecule has 0 aliphatic heterocycles. The number of nitrogens with one attached hydrogen (secondary N) is 2. The summed E-state index contributed by atoms with van der Waals surface area (Å²) in [6, 6.07) is 19.3. The van der Waals surface area contributed by atoms with E-state index >= 15 is 0 Å². The number of aryl methyl sites for hydroxylation is 2. The summed E-state index contributed by atoms with van der Waals surface area (Å²) in [5.74, 6) is -0.562. The molecule has 0 atom stereocenters. The van der Waals surface area contributed by atoms with Gasteiger partial charge in [0, 0.05) is 5.69 Å². The summed E-state index contributed by atoms with van der Waals surface area (Å²) in [6.07, 6.45) is 1.02. The molecule has 0 bridgehead atoms. The van der Waals surface area contributed by atoms with Crippen molar-refractivity contribution in [3.63, 3.8) is 0 Å². The quantitative estimate of drug-likeness (QED) is 0.505. The number of sulfonamides is 2. The Morgan fingerprint density at radius 1 is 0.879 bits per heavy atom. The van der Waals surface area contributed by atoms with Crippen LogP contribution in [0.4, 0.5) is 17.1 Å². The van der Waals surface area contributed by atoms with Gasteiger partial charge in [-0.25, -0.2) is 16.8 Å². The average Bonchev–Trinajstić information content (AvgIpc) is 2.74. The van der Waals surface area contributed by atoms with Crippen LogP contribution in [-0.2, 0) is 24.8 Å². The number of anilines is 3. The summed E-state index contributed by atoms with van der Waals surface area (Å²) in [6.45, 7) is 3.32. The summed E-state index contributed by atoms with van der Waals surface area (Å²) < 4.78 is 53.3. The molecule has 0 saturated heterocycles. The van der Waals surface area contributed by atoms with Crippen LogP contribution in [0.15, 0.2) is 77.7 Å². The van der Waals surface area contributed by atoms with Crippen molar-refractivity contribution in [3.05, 3.63) is 83.9 Å². The Labute approximate surface area is 194 Å². The molecule has 0 unspecified atom stereocenters. The van der Waals surface area contributed by atoms with E-state index in [1.54, 1.807) is 36.4 Å². The molecule has 33 heavy (non-hydrogen) atoms. The Hall–Kier alpha value is -3.37. The topological polar surface area (TPSA) is 113 Å². The van der Waals surface area contributed by atoms with Crippen molar-refractivity contribution in [2.45, 2.75) is 18.7 Å². The minimum atomic E-state index is -3.82. The molecule has 174 valence electrons. The first-order chi connectivity index (χ1) is 15.5. The lowest BCUT2D eigenvalue weighted by Crippen LogP contribution is -2.37. The van der Waals surface area contributed by atoms with Crippen LogP contribution in [-0.4, -0.2) is 35.5 Å². The molecule has 2 N–H and O–H groups in total. The van der Waals surface area contributed by atoms with Gasteiger partial charge in [-0.05, 0) is 61.9 Å². The third-order valence-corrected chi connectivity index (χ3v) is 7.33. The van der Waals surface area contributed by atoms with Gasteiger partial charge in [-0.2, -0.15) is 0 Å². The summed E-state index contributed by atoms with van der Waals surface area (Å²) in [5.41, 5.74) is 3.02. The first-order valence-electron chi connectivity index (χ1n) is 9.98. The van der Waals surface area contributed by atoms with Crippen LogP contribution in [0.5, 0.6) is 0 Å². The first kappa shape index (κ1) is 24.3. The number of nitrogens with zero attached hydrogens (tertiary/aromatic N) is 1. The van der Waals surface area contributed by atoms with E-state index in [4.69, 9.17) is 0 Å². The van der Waals surface area contributed by atoms with E-state index < -0.39 is 32.5 Å². The van der Waals surface area contributed by atoms with E-state index in [2.05, 4.69) is 10.0 Å². The van der Waals surface area contributed by atoms with Gasteiger partial charge in [0.25, 0.3) is 10.0 Å². The van der Waals surface area contributed by atoms with E-state index in [-0.39, 0.29) is 4.90 Å². The lowest BCUT2D eigenvalue weighted by Gasteiger charge is -2.21. The van der Waals surface area contributed by atoms with E-state index in [0.29, 0.717) is 17.1 Å². The number of amides is 1. The van der Waals surface area contributed by atoms with E-state index in [1.807, 2.05) is 26.0 Å². The highest BCUT2D eigenvalue weighted by Crippen LogP contribution is 2.22. The van der Waals surface area contributed by atoms with Crippen molar-refractivity contribution in [2.24, 2.45) is 0 Å². The fourth-order valence-electron chi connectivity index (χ4n) is 3.17. The molecule has 0 saturated carbocycles. The second-order valence-electron chi connectivity index (χ2n) is 7.60. The van der Waals surface area contributed by atoms with Gasteiger partial charge in [0.05, 0.1) is 22.5 Å². The van der Waals surface area contributed by atoms with Gasteiger partial charge in [-0.3, -0.25) is 13.8 Å². The Bertz CT molecular complexity index is 1350. The summed E-state index contributed by atoms with van der Waals surface area (Å²) in [5, 5.41) is 2.60. The van der Waals surface area contributed by atoms with Crippen molar-refractivity contribution >= 4 is 43.0 Å². The van der Waals surface area contributed by atoms with Crippen molar-refractivity contribution in [1.29, 1.82) is 0 Å². The highest BCUT2D eigenvalue weighted by molar-refractivity contribution is 7.92. The fourth-order valence-corrected chi connectivity index (χ4v) is 5.16. The van der Waals surface area contributed by atoms with Crippen LogP contribution in [0.3, 0.4) is 0 Å². The van der Waals surface area contributed by atoms with E-state index in [0.717, 1.165) is 21.7 Å². The monoisotopic (exact) mass is 487 g/mol. The molecule has 0 aliphatic rings. The minimum absolute atomic E-state index is 0.0301. The number of carbonyl (C=O) groups excluding carboxylic acids is 1. The predicted molar refractivity (Wildman–Crippen MR) is 130 cm³/mol. The molecular formula is C23H25N3O5S2. The molecule has 0 aromatic heterocycles. The summed E-state index contributed by atoms with van der Waals surface area (Å²) in [7, 11) is -7.50. The highest BCUT2D eigenvalue weighted by atomic mass is 32.2. The van der Waals surface area contributed by atoms with Crippen LogP contribution >= 0.6 is 0 Å². The third kappa shape index (κ3) is 6.33. The van der Waals surface area contributed by atoms with Crippen LogP contribution in [0.2, 0.25) is 0 Å². The van der Waals surface area contributed by atoms with Crippen LogP contribution in [0, 0.1) is 13.8 Å². The van der Waals surface area contributed by atoms with Gasteiger partial charge < -0.3 is 5.32 Å². The molecule has 0 fully saturated rings. The normalized spacial score (nSPS) is 11.6. The molecule has 0 radical (unpaired) electrons. The largest absolute Gasteiger partial charge is 0.325 e. The number of benzene rings is 3.